The molecule has 3 fully saturated rings. The predicted molar refractivity (Wildman–Crippen MR) is 55.2 cm³/mol. The molecule has 1 spiro atoms. The van der Waals surface area contributed by atoms with Crippen LogP contribution >= 0.6 is 11.8 Å². The molecule has 14 heavy (non-hydrogen) atoms. The molecule has 3 aliphatic rings. The zero-order chi connectivity index (χ0) is 9.10. The minimum absolute atomic E-state index is 0. The van der Waals surface area contributed by atoms with Gasteiger partial charge in [-0.2, -0.15) is 5.94 Å². The van der Waals surface area contributed by atoms with Crippen LogP contribution in [0.1, 0.15) is 33.1 Å². The normalized spacial score (nSPS) is 48.4. The molecule has 74 valence electrons. The molecule has 0 N–H and O–H groups in total. The smallest absolute Gasteiger partial charge is 0.539 e. The Labute approximate surface area is 103 Å². The van der Waals surface area contributed by atoms with Crippen LogP contribution in [0.2, 0.25) is 0 Å². The zero-order valence-electron chi connectivity index (χ0n) is 9.38. The van der Waals surface area contributed by atoms with Crippen molar-refractivity contribution in [3.05, 3.63) is 5.94 Å². The largest absolute Gasteiger partial charge is 1.00 e. The quantitative estimate of drug-likeness (QED) is 0.408. The summed E-state index contributed by atoms with van der Waals surface area (Å²) < 4.78 is 5.80. The van der Waals surface area contributed by atoms with E-state index in [4.69, 9.17) is 4.74 Å². The van der Waals surface area contributed by atoms with Crippen LogP contribution in [-0.2, 0) is 4.74 Å². The summed E-state index contributed by atoms with van der Waals surface area (Å²) in [4.78, 5) is 0. The van der Waals surface area contributed by atoms with Crippen LogP contribution in [0, 0.1) is 22.7 Å². The Kier molecular flexibility index (Phi) is 2.81. The molecule has 1 aliphatic heterocycles. The van der Waals surface area contributed by atoms with E-state index in [1.54, 1.807) is 0 Å². The van der Waals surface area contributed by atoms with E-state index in [-0.39, 0.29) is 18.9 Å². The molecule has 1 heterocycles. The van der Waals surface area contributed by atoms with Crippen LogP contribution in [0.5, 0.6) is 0 Å². The van der Waals surface area contributed by atoms with Gasteiger partial charge in [0.05, 0.1) is 0 Å². The Balaban J connectivity index is 0.000000750. The van der Waals surface area contributed by atoms with Gasteiger partial charge in [-0.1, -0.05) is 13.8 Å². The van der Waals surface area contributed by atoms with Gasteiger partial charge in [0, 0.05) is 11.5 Å². The van der Waals surface area contributed by atoms with E-state index >= 15 is 0 Å². The van der Waals surface area contributed by atoms with E-state index in [1.807, 2.05) is 17.7 Å². The van der Waals surface area contributed by atoms with E-state index in [0.29, 0.717) is 16.9 Å². The van der Waals surface area contributed by atoms with Crippen molar-refractivity contribution in [1.29, 1.82) is 0 Å². The molecule has 1 saturated heterocycles. The minimum Gasteiger partial charge on any atom is -0.539 e. The second-order valence-electron chi connectivity index (χ2n) is 5.38. The van der Waals surface area contributed by atoms with Crippen LogP contribution < -0.4 is 18.9 Å². The summed E-state index contributed by atoms with van der Waals surface area (Å²) >= 11 is 1.88. The predicted octanol–water partition coefficient (Wildman–Crippen LogP) is 0.0680. The Morgan fingerprint density at radius 2 is 2.21 bits per heavy atom. The van der Waals surface area contributed by atoms with Crippen molar-refractivity contribution in [3.63, 3.8) is 0 Å². The van der Waals surface area contributed by atoms with E-state index in [0.717, 1.165) is 5.92 Å². The number of hydrogen-bond acceptors (Lipinski definition) is 2. The molecule has 2 aliphatic carbocycles. The summed E-state index contributed by atoms with van der Waals surface area (Å²) in [5.41, 5.74) is 1.04. The third-order valence-electron chi connectivity index (χ3n) is 4.99. The Bertz CT molecular complexity index is 243. The Morgan fingerprint density at radius 1 is 1.43 bits per heavy atom. The van der Waals surface area contributed by atoms with Gasteiger partial charge in [-0.15, -0.1) is 0 Å². The summed E-state index contributed by atoms with van der Waals surface area (Å²) in [5, 5.41) is 0. The minimum atomic E-state index is 0. The number of rotatable bonds is 0. The molecule has 0 aromatic rings. The van der Waals surface area contributed by atoms with E-state index in [2.05, 4.69) is 13.8 Å². The van der Waals surface area contributed by atoms with Gasteiger partial charge in [-0.25, -0.2) is 0 Å². The van der Waals surface area contributed by atoms with Gasteiger partial charge < -0.3 is 16.5 Å². The first-order chi connectivity index (χ1) is 6.17. The molecule has 0 radical (unpaired) electrons. The summed E-state index contributed by atoms with van der Waals surface area (Å²) in [6.07, 6.45) is 4.69. The average molecular weight is 204 g/mol. The van der Waals surface area contributed by atoms with Gasteiger partial charge in [0.1, 0.15) is 0 Å². The maximum atomic E-state index is 5.80. The second-order valence-corrected chi connectivity index (χ2v) is 6.20. The molecular formula is C11H17LiOS. The summed E-state index contributed by atoms with van der Waals surface area (Å²) in [5.74, 6) is 4.18. The number of fused-ring (bicyclic) bond motifs is 1. The summed E-state index contributed by atoms with van der Waals surface area (Å²) in [6.45, 7) is 4.92. The molecule has 0 aromatic heterocycles. The van der Waals surface area contributed by atoms with Gasteiger partial charge in [-0.05, 0) is 36.3 Å². The number of thioether (sulfide) groups is 1. The Hall–Kier alpha value is 0.907. The summed E-state index contributed by atoms with van der Waals surface area (Å²) in [6, 6.07) is 0. The molecule has 2 saturated carbocycles. The molecule has 3 unspecified atom stereocenters. The van der Waals surface area contributed by atoms with Crippen molar-refractivity contribution in [3.8, 4) is 0 Å². The maximum Gasteiger partial charge on any atom is 1.00 e. The summed E-state index contributed by atoms with van der Waals surface area (Å²) in [7, 11) is 0. The second kappa shape index (κ2) is 3.45. The number of hydrogen-bond donors (Lipinski definition) is 0. The molecular weight excluding hydrogens is 187 g/mol. The van der Waals surface area contributed by atoms with Crippen molar-refractivity contribution in [2.75, 3.05) is 5.75 Å². The molecule has 3 rings (SSSR count). The molecule has 1 nitrogen and oxygen atoms in total. The molecule has 0 aromatic carbocycles. The van der Waals surface area contributed by atoms with Gasteiger partial charge in [0.25, 0.3) is 0 Å². The first-order valence-electron chi connectivity index (χ1n) is 5.25. The van der Waals surface area contributed by atoms with Crippen LogP contribution in [0.3, 0.4) is 0 Å². The third kappa shape index (κ3) is 1.15. The number of ether oxygens (including phenoxy) is 1. The SMILES string of the molecule is CC1(C)C2CCC13CS[CH-]OC3C2.[Li+]. The van der Waals surface area contributed by atoms with Gasteiger partial charge >= 0.3 is 18.9 Å². The first kappa shape index (κ1) is 11.4. The fourth-order valence-corrected chi connectivity index (χ4v) is 5.10. The van der Waals surface area contributed by atoms with E-state index in [1.165, 1.54) is 25.0 Å². The van der Waals surface area contributed by atoms with Crippen LogP contribution in [0.15, 0.2) is 0 Å². The van der Waals surface area contributed by atoms with Gasteiger partial charge in [-0.3, -0.25) is 0 Å². The maximum absolute atomic E-state index is 5.80. The van der Waals surface area contributed by atoms with Crippen LogP contribution in [0.4, 0.5) is 0 Å². The molecule has 2 bridgehead atoms. The van der Waals surface area contributed by atoms with Gasteiger partial charge in [0.15, 0.2) is 0 Å². The first-order valence-corrected chi connectivity index (χ1v) is 6.30. The van der Waals surface area contributed by atoms with E-state index in [9.17, 15) is 0 Å². The average Bonchev–Trinajstić information content (AvgIpc) is 2.50. The Morgan fingerprint density at radius 3 is 2.86 bits per heavy atom. The molecule has 0 amide bonds. The van der Waals surface area contributed by atoms with Crippen molar-refractivity contribution in [2.45, 2.75) is 39.2 Å². The van der Waals surface area contributed by atoms with Crippen molar-refractivity contribution < 1.29 is 23.6 Å². The molecule has 3 atom stereocenters. The topological polar surface area (TPSA) is 9.23 Å². The standard InChI is InChI=1S/C11H17OS.Li/c1-10(2)8-3-4-11(10)6-13-7-12-9(11)5-8;/h7-9H,3-6H2,1-2H3;/q-1;+1. The fraction of sp³-hybridized carbons (Fsp3) is 0.909. The van der Waals surface area contributed by atoms with Gasteiger partial charge in [0.2, 0.25) is 0 Å². The van der Waals surface area contributed by atoms with Crippen LogP contribution in [-0.4, -0.2) is 11.9 Å². The monoisotopic (exact) mass is 204 g/mol. The van der Waals surface area contributed by atoms with Crippen molar-refractivity contribution in [2.24, 2.45) is 16.7 Å². The van der Waals surface area contributed by atoms with E-state index < -0.39 is 0 Å². The van der Waals surface area contributed by atoms with Crippen molar-refractivity contribution in [1.82, 2.24) is 0 Å². The van der Waals surface area contributed by atoms with Crippen molar-refractivity contribution >= 4 is 11.8 Å². The zero-order valence-corrected chi connectivity index (χ0v) is 10.2. The van der Waals surface area contributed by atoms with Crippen LogP contribution in [0.25, 0.3) is 0 Å². The molecule has 3 heteroatoms. The fourth-order valence-electron chi connectivity index (χ4n) is 3.82. The third-order valence-corrected chi connectivity index (χ3v) is 5.92.